The number of hydrogen-bond donors (Lipinski definition) is 0. The third kappa shape index (κ3) is 3.06. The van der Waals surface area contributed by atoms with Gasteiger partial charge in [0.25, 0.3) is 0 Å². The lowest BCUT2D eigenvalue weighted by atomic mass is 10.3. The van der Waals surface area contributed by atoms with Gasteiger partial charge in [-0.25, -0.2) is 4.98 Å². The lowest BCUT2D eigenvalue weighted by Gasteiger charge is -2.23. The number of nitrogens with zero attached hydrogens (tertiary/aromatic N) is 2. The molecule has 1 aromatic carbocycles. The number of hydrogen-bond acceptors (Lipinski definition) is 3. The van der Waals surface area contributed by atoms with Crippen molar-refractivity contribution in [2.75, 3.05) is 6.54 Å². The highest BCUT2D eigenvalue weighted by Gasteiger charge is 2.11. The summed E-state index contributed by atoms with van der Waals surface area (Å²) in [5.41, 5.74) is 1.10. The van der Waals surface area contributed by atoms with Gasteiger partial charge < -0.3 is 0 Å². The second-order valence-corrected chi connectivity index (χ2v) is 6.41. The number of fused-ring (bicyclic) bond motifs is 1. The highest BCUT2D eigenvalue weighted by atomic mass is 79.9. The second-order valence-electron chi connectivity index (χ2n) is 4.38. The van der Waals surface area contributed by atoms with Crippen LogP contribution in [0, 0.1) is 0 Å². The maximum atomic E-state index is 4.69. The molecule has 0 saturated heterocycles. The van der Waals surface area contributed by atoms with Crippen molar-refractivity contribution in [2.45, 2.75) is 33.4 Å². The second kappa shape index (κ2) is 5.46. The molecule has 2 rings (SSSR count). The Labute approximate surface area is 115 Å². The van der Waals surface area contributed by atoms with Gasteiger partial charge in [0, 0.05) is 10.5 Å². The summed E-state index contributed by atoms with van der Waals surface area (Å²) < 4.78 is 2.36. The number of thiazole rings is 1. The molecule has 0 spiro atoms. The minimum absolute atomic E-state index is 0.568. The summed E-state index contributed by atoms with van der Waals surface area (Å²) in [6, 6.07) is 6.86. The molecule has 0 saturated carbocycles. The van der Waals surface area contributed by atoms with E-state index in [0.717, 1.165) is 23.1 Å². The average Bonchev–Trinajstić information content (AvgIpc) is 2.66. The zero-order valence-corrected chi connectivity index (χ0v) is 12.8. The summed E-state index contributed by atoms with van der Waals surface area (Å²) in [5.74, 6) is 0. The van der Waals surface area contributed by atoms with Gasteiger partial charge in [0.1, 0.15) is 5.01 Å². The molecule has 0 N–H and O–H groups in total. The van der Waals surface area contributed by atoms with E-state index in [0.29, 0.717) is 6.04 Å². The van der Waals surface area contributed by atoms with Crippen LogP contribution in [0.15, 0.2) is 22.7 Å². The van der Waals surface area contributed by atoms with E-state index in [2.05, 4.69) is 59.8 Å². The third-order valence-corrected chi connectivity index (χ3v) is 4.38. The molecule has 17 heavy (non-hydrogen) atoms. The summed E-state index contributed by atoms with van der Waals surface area (Å²) in [7, 11) is 0. The molecule has 0 atom stereocenters. The maximum absolute atomic E-state index is 4.69. The first kappa shape index (κ1) is 13.0. The molecule has 1 aromatic heterocycles. The van der Waals surface area contributed by atoms with Gasteiger partial charge >= 0.3 is 0 Å². The normalized spacial score (nSPS) is 11.9. The Bertz CT molecular complexity index is 507. The van der Waals surface area contributed by atoms with Crippen LogP contribution in [0.3, 0.4) is 0 Å². The summed E-state index contributed by atoms with van der Waals surface area (Å²) in [4.78, 5) is 7.11. The van der Waals surface area contributed by atoms with Crippen molar-refractivity contribution >= 4 is 37.5 Å². The smallest absolute Gasteiger partial charge is 0.108 e. The number of halogens is 1. The van der Waals surface area contributed by atoms with Gasteiger partial charge in [-0.15, -0.1) is 11.3 Å². The van der Waals surface area contributed by atoms with Crippen LogP contribution in [-0.2, 0) is 6.54 Å². The van der Waals surface area contributed by atoms with Crippen molar-refractivity contribution in [2.24, 2.45) is 0 Å². The Hall–Kier alpha value is -0.450. The average molecular weight is 313 g/mol. The van der Waals surface area contributed by atoms with E-state index >= 15 is 0 Å². The van der Waals surface area contributed by atoms with Crippen molar-refractivity contribution < 1.29 is 0 Å². The topological polar surface area (TPSA) is 16.1 Å². The van der Waals surface area contributed by atoms with Gasteiger partial charge in [0.15, 0.2) is 0 Å². The summed E-state index contributed by atoms with van der Waals surface area (Å²) in [5, 5.41) is 1.20. The number of benzene rings is 1. The first-order valence-corrected chi connectivity index (χ1v) is 7.50. The molecule has 0 amide bonds. The third-order valence-electron chi connectivity index (χ3n) is 2.87. The molecular weight excluding hydrogens is 296 g/mol. The van der Waals surface area contributed by atoms with Crippen LogP contribution in [0.2, 0.25) is 0 Å². The molecule has 0 aliphatic carbocycles. The van der Waals surface area contributed by atoms with Crippen molar-refractivity contribution in [3.8, 4) is 0 Å². The molecule has 0 fully saturated rings. The Morgan fingerprint density at radius 1 is 1.41 bits per heavy atom. The number of aromatic nitrogens is 1. The molecular formula is C13H17BrN2S. The molecule has 2 aromatic rings. The highest BCUT2D eigenvalue weighted by molar-refractivity contribution is 9.10. The van der Waals surface area contributed by atoms with Crippen molar-refractivity contribution in [3.05, 3.63) is 27.7 Å². The van der Waals surface area contributed by atoms with Crippen molar-refractivity contribution in [1.82, 2.24) is 9.88 Å². The Morgan fingerprint density at radius 3 is 2.82 bits per heavy atom. The molecule has 4 heteroatoms. The predicted octanol–water partition coefficient (Wildman–Crippen LogP) is 4.29. The zero-order valence-electron chi connectivity index (χ0n) is 10.4. The largest absolute Gasteiger partial charge is 0.295 e. The predicted molar refractivity (Wildman–Crippen MR) is 78.5 cm³/mol. The van der Waals surface area contributed by atoms with Crippen LogP contribution in [0.25, 0.3) is 10.2 Å². The van der Waals surface area contributed by atoms with E-state index in [-0.39, 0.29) is 0 Å². The molecule has 0 radical (unpaired) electrons. The van der Waals surface area contributed by atoms with Crippen molar-refractivity contribution in [3.63, 3.8) is 0 Å². The van der Waals surface area contributed by atoms with Gasteiger partial charge in [0.2, 0.25) is 0 Å². The highest BCUT2D eigenvalue weighted by Crippen LogP contribution is 2.26. The van der Waals surface area contributed by atoms with Crippen LogP contribution >= 0.6 is 27.3 Å². The fourth-order valence-electron chi connectivity index (χ4n) is 1.85. The monoisotopic (exact) mass is 312 g/mol. The fourth-order valence-corrected chi connectivity index (χ4v) is 3.17. The fraction of sp³-hybridized carbons (Fsp3) is 0.462. The van der Waals surface area contributed by atoms with Gasteiger partial charge in [-0.1, -0.05) is 22.9 Å². The standard InChI is InChI=1S/C13H17BrN2S/c1-4-16(9(2)3)8-13-15-11-7-10(14)5-6-12(11)17-13/h5-7,9H,4,8H2,1-3H3. The quantitative estimate of drug-likeness (QED) is 0.837. The van der Waals surface area contributed by atoms with E-state index < -0.39 is 0 Å². The molecule has 92 valence electrons. The SMILES string of the molecule is CCN(Cc1nc2cc(Br)ccc2s1)C(C)C. The zero-order chi connectivity index (χ0) is 12.4. The van der Waals surface area contributed by atoms with Crippen molar-refractivity contribution in [1.29, 1.82) is 0 Å². The van der Waals surface area contributed by atoms with E-state index in [1.54, 1.807) is 11.3 Å². The minimum atomic E-state index is 0.568. The van der Waals surface area contributed by atoms with Gasteiger partial charge in [-0.05, 0) is 38.6 Å². The van der Waals surface area contributed by atoms with E-state index in [9.17, 15) is 0 Å². The van der Waals surface area contributed by atoms with Crippen LogP contribution in [0.4, 0.5) is 0 Å². The first-order valence-electron chi connectivity index (χ1n) is 5.89. The summed E-state index contributed by atoms with van der Waals surface area (Å²) in [6.07, 6.45) is 0. The minimum Gasteiger partial charge on any atom is -0.295 e. The van der Waals surface area contributed by atoms with E-state index in [1.165, 1.54) is 9.71 Å². The van der Waals surface area contributed by atoms with E-state index in [4.69, 9.17) is 4.98 Å². The Morgan fingerprint density at radius 2 is 2.18 bits per heavy atom. The first-order chi connectivity index (χ1) is 8.10. The van der Waals surface area contributed by atoms with Gasteiger partial charge in [0.05, 0.1) is 16.8 Å². The van der Waals surface area contributed by atoms with Crippen LogP contribution in [0.1, 0.15) is 25.8 Å². The van der Waals surface area contributed by atoms with E-state index in [1.807, 2.05) is 0 Å². The molecule has 0 aliphatic heterocycles. The Balaban J connectivity index is 2.24. The summed E-state index contributed by atoms with van der Waals surface area (Å²) >= 11 is 5.28. The molecule has 0 aliphatic rings. The number of rotatable bonds is 4. The lowest BCUT2D eigenvalue weighted by molar-refractivity contribution is 0.225. The molecule has 0 bridgehead atoms. The lowest BCUT2D eigenvalue weighted by Crippen LogP contribution is -2.29. The van der Waals surface area contributed by atoms with Gasteiger partial charge in [-0.3, -0.25) is 4.90 Å². The maximum Gasteiger partial charge on any atom is 0.108 e. The van der Waals surface area contributed by atoms with Crippen LogP contribution in [-0.4, -0.2) is 22.5 Å². The molecule has 1 heterocycles. The van der Waals surface area contributed by atoms with Gasteiger partial charge in [-0.2, -0.15) is 0 Å². The van der Waals surface area contributed by atoms with Crippen LogP contribution in [0.5, 0.6) is 0 Å². The van der Waals surface area contributed by atoms with Crippen LogP contribution < -0.4 is 0 Å². The molecule has 0 unspecified atom stereocenters. The Kier molecular flexibility index (Phi) is 4.17. The summed E-state index contributed by atoms with van der Waals surface area (Å²) in [6.45, 7) is 8.67. The molecule has 2 nitrogen and oxygen atoms in total.